The number of carbonyl (C=O) groups is 1. The molecule has 0 aliphatic heterocycles. The zero-order valence-electron chi connectivity index (χ0n) is 17.1. The van der Waals surface area contributed by atoms with Gasteiger partial charge in [0.15, 0.2) is 5.75 Å². The largest absolute Gasteiger partial charge is 0.482 e. The number of fused-ring (bicyclic) bond motifs is 1. The molecule has 0 amide bonds. The van der Waals surface area contributed by atoms with Gasteiger partial charge < -0.3 is 13.9 Å². The van der Waals surface area contributed by atoms with Gasteiger partial charge in [-0.05, 0) is 48.2 Å². The number of esters is 1. The predicted octanol–water partition coefficient (Wildman–Crippen LogP) is 4.50. The summed E-state index contributed by atoms with van der Waals surface area (Å²) in [6, 6.07) is 8.89. The molecule has 1 aromatic heterocycles. The molecule has 2 aromatic carbocycles. The lowest BCUT2D eigenvalue weighted by Gasteiger charge is -2.13. The van der Waals surface area contributed by atoms with Crippen molar-refractivity contribution >= 4 is 22.6 Å². The Kier molecular flexibility index (Phi) is 5.86. The molecular formula is C22H21NO7. The van der Waals surface area contributed by atoms with Crippen LogP contribution >= 0.6 is 0 Å². The third kappa shape index (κ3) is 4.17. The lowest BCUT2D eigenvalue weighted by Crippen LogP contribution is -2.07. The van der Waals surface area contributed by atoms with Gasteiger partial charge in [-0.1, -0.05) is 13.8 Å². The van der Waals surface area contributed by atoms with Crippen molar-refractivity contribution in [3.05, 3.63) is 79.2 Å². The van der Waals surface area contributed by atoms with Gasteiger partial charge in [0, 0.05) is 23.1 Å². The molecule has 0 atom stereocenters. The van der Waals surface area contributed by atoms with Crippen molar-refractivity contribution in [3.8, 4) is 5.75 Å². The summed E-state index contributed by atoms with van der Waals surface area (Å²) in [5.41, 5.74) is 2.23. The molecule has 156 valence electrons. The smallest absolute Gasteiger partial charge is 0.338 e. The van der Waals surface area contributed by atoms with Gasteiger partial charge in [-0.25, -0.2) is 9.59 Å². The van der Waals surface area contributed by atoms with E-state index in [1.54, 1.807) is 0 Å². The second-order valence-electron chi connectivity index (χ2n) is 7.17. The SMILES string of the molecule is COC(=O)c1ccc(OCc2cc(=O)oc3cc(C)c(C(C)C)cc23)c([N+](=O)[O-])c1. The van der Waals surface area contributed by atoms with Gasteiger partial charge in [-0.2, -0.15) is 0 Å². The first-order chi connectivity index (χ1) is 14.2. The van der Waals surface area contributed by atoms with Gasteiger partial charge in [-0.15, -0.1) is 0 Å². The number of benzene rings is 2. The van der Waals surface area contributed by atoms with Gasteiger partial charge in [-0.3, -0.25) is 10.1 Å². The van der Waals surface area contributed by atoms with Crippen LogP contribution in [0.5, 0.6) is 5.75 Å². The topological polar surface area (TPSA) is 109 Å². The van der Waals surface area contributed by atoms with Crippen LogP contribution in [-0.2, 0) is 11.3 Å². The molecule has 8 nitrogen and oxygen atoms in total. The fraction of sp³-hybridized carbons (Fsp3) is 0.273. The van der Waals surface area contributed by atoms with E-state index in [-0.39, 0.29) is 29.5 Å². The van der Waals surface area contributed by atoms with Crippen LogP contribution in [0.4, 0.5) is 5.69 Å². The molecule has 0 fully saturated rings. The number of rotatable bonds is 6. The normalized spacial score (nSPS) is 11.0. The number of ether oxygens (including phenoxy) is 2. The number of carbonyl (C=O) groups excluding carboxylic acids is 1. The Morgan fingerprint density at radius 2 is 1.93 bits per heavy atom. The number of nitro groups is 1. The quantitative estimate of drug-likeness (QED) is 0.254. The Morgan fingerprint density at radius 3 is 2.57 bits per heavy atom. The van der Waals surface area contributed by atoms with Crippen LogP contribution in [0.2, 0.25) is 0 Å². The van der Waals surface area contributed by atoms with Crippen molar-refractivity contribution < 1.29 is 23.6 Å². The van der Waals surface area contributed by atoms with E-state index in [0.29, 0.717) is 16.5 Å². The maximum Gasteiger partial charge on any atom is 0.338 e. The van der Waals surface area contributed by atoms with Crippen LogP contribution in [-0.4, -0.2) is 18.0 Å². The standard InChI is InChI=1S/C22H21NO7/c1-12(2)16-10-17-15(9-21(24)30-20(17)7-13(16)3)11-29-19-6-5-14(22(25)28-4)8-18(19)23(26)27/h5-10,12H,11H2,1-4H3. The molecule has 0 aliphatic rings. The molecule has 0 saturated heterocycles. The van der Waals surface area contributed by atoms with Crippen molar-refractivity contribution in [3.63, 3.8) is 0 Å². The average Bonchev–Trinajstić information content (AvgIpc) is 2.70. The Hall–Kier alpha value is -3.68. The number of hydrogen-bond acceptors (Lipinski definition) is 7. The summed E-state index contributed by atoms with van der Waals surface area (Å²) in [5.74, 6) is -0.444. The Morgan fingerprint density at radius 1 is 1.20 bits per heavy atom. The van der Waals surface area contributed by atoms with Gasteiger partial charge >= 0.3 is 17.3 Å². The monoisotopic (exact) mass is 411 g/mol. The first kappa shape index (κ1) is 21.0. The van der Waals surface area contributed by atoms with Gasteiger partial charge in [0.05, 0.1) is 17.6 Å². The predicted molar refractivity (Wildman–Crippen MR) is 110 cm³/mol. The fourth-order valence-corrected chi connectivity index (χ4v) is 3.32. The molecule has 0 bridgehead atoms. The highest BCUT2D eigenvalue weighted by molar-refractivity contribution is 5.90. The summed E-state index contributed by atoms with van der Waals surface area (Å²) in [4.78, 5) is 34.4. The Balaban J connectivity index is 2.01. The summed E-state index contributed by atoms with van der Waals surface area (Å²) >= 11 is 0. The first-order valence-corrected chi connectivity index (χ1v) is 9.28. The fourth-order valence-electron chi connectivity index (χ4n) is 3.32. The summed E-state index contributed by atoms with van der Waals surface area (Å²) in [7, 11) is 1.19. The molecule has 0 N–H and O–H groups in total. The zero-order chi connectivity index (χ0) is 22.0. The van der Waals surface area contributed by atoms with Crippen LogP contribution < -0.4 is 10.4 Å². The van der Waals surface area contributed by atoms with E-state index in [1.807, 2.05) is 19.1 Å². The van der Waals surface area contributed by atoms with E-state index in [1.165, 1.54) is 25.3 Å². The molecule has 0 radical (unpaired) electrons. The number of aryl methyl sites for hydroxylation is 1. The molecule has 0 spiro atoms. The van der Waals surface area contributed by atoms with Crippen LogP contribution in [0.15, 0.2) is 45.6 Å². The summed E-state index contributed by atoms with van der Waals surface area (Å²) in [6.45, 7) is 6.00. The minimum absolute atomic E-state index is 0.0229. The summed E-state index contributed by atoms with van der Waals surface area (Å²) in [5, 5.41) is 12.1. The molecule has 0 saturated carbocycles. The highest BCUT2D eigenvalue weighted by atomic mass is 16.6. The second kappa shape index (κ2) is 8.36. The van der Waals surface area contributed by atoms with E-state index < -0.39 is 16.5 Å². The van der Waals surface area contributed by atoms with Crippen LogP contribution in [0.1, 0.15) is 46.8 Å². The zero-order valence-corrected chi connectivity index (χ0v) is 17.1. The minimum atomic E-state index is -0.687. The van der Waals surface area contributed by atoms with Gasteiger partial charge in [0.1, 0.15) is 12.2 Å². The highest BCUT2D eigenvalue weighted by Crippen LogP contribution is 2.31. The minimum Gasteiger partial charge on any atom is -0.482 e. The van der Waals surface area contributed by atoms with Crippen molar-refractivity contribution in [2.24, 2.45) is 0 Å². The molecule has 1 heterocycles. The van der Waals surface area contributed by atoms with Crippen molar-refractivity contribution in [2.75, 3.05) is 7.11 Å². The van der Waals surface area contributed by atoms with E-state index in [0.717, 1.165) is 17.2 Å². The maximum atomic E-state index is 12.0. The van der Waals surface area contributed by atoms with Gasteiger partial charge in [0.2, 0.25) is 0 Å². The number of hydrogen-bond donors (Lipinski definition) is 0. The molecule has 0 aliphatic carbocycles. The number of nitro benzene ring substituents is 1. The van der Waals surface area contributed by atoms with E-state index >= 15 is 0 Å². The molecule has 3 rings (SSSR count). The third-order valence-electron chi connectivity index (χ3n) is 4.80. The molecule has 8 heteroatoms. The molecular weight excluding hydrogens is 390 g/mol. The lowest BCUT2D eigenvalue weighted by molar-refractivity contribution is -0.386. The van der Waals surface area contributed by atoms with Crippen LogP contribution in [0.25, 0.3) is 11.0 Å². The van der Waals surface area contributed by atoms with Crippen molar-refractivity contribution in [1.82, 2.24) is 0 Å². The Bertz CT molecular complexity index is 1190. The van der Waals surface area contributed by atoms with Crippen LogP contribution in [0, 0.1) is 17.0 Å². The third-order valence-corrected chi connectivity index (χ3v) is 4.80. The number of nitrogens with zero attached hydrogens (tertiary/aromatic N) is 1. The molecule has 0 unspecified atom stereocenters. The highest BCUT2D eigenvalue weighted by Gasteiger charge is 2.20. The van der Waals surface area contributed by atoms with E-state index in [4.69, 9.17) is 9.15 Å². The number of methoxy groups -OCH3 is 1. The maximum absolute atomic E-state index is 12.0. The lowest BCUT2D eigenvalue weighted by atomic mass is 9.95. The summed E-state index contributed by atoms with van der Waals surface area (Å²) < 4.78 is 15.6. The second-order valence-corrected chi connectivity index (χ2v) is 7.17. The van der Waals surface area contributed by atoms with Gasteiger partial charge in [0.25, 0.3) is 0 Å². The average molecular weight is 411 g/mol. The van der Waals surface area contributed by atoms with E-state index in [9.17, 15) is 19.7 Å². The molecule has 30 heavy (non-hydrogen) atoms. The van der Waals surface area contributed by atoms with E-state index in [2.05, 4.69) is 18.6 Å². The molecule has 3 aromatic rings. The van der Waals surface area contributed by atoms with Crippen LogP contribution in [0.3, 0.4) is 0 Å². The van der Waals surface area contributed by atoms with Crippen molar-refractivity contribution in [1.29, 1.82) is 0 Å². The van der Waals surface area contributed by atoms with Crippen molar-refractivity contribution in [2.45, 2.75) is 33.3 Å². The first-order valence-electron chi connectivity index (χ1n) is 9.28. The Labute approximate surface area is 172 Å². The summed E-state index contributed by atoms with van der Waals surface area (Å²) in [6.07, 6.45) is 0.